The number of hydrogen-bond acceptors (Lipinski definition) is 3. The second-order valence-corrected chi connectivity index (χ2v) is 4.14. The van der Waals surface area contributed by atoms with Gasteiger partial charge in [0.05, 0.1) is 13.7 Å². The van der Waals surface area contributed by atoms with Crippen molar-refractivity contribution in [1.29, 1.82) is 0 Å². The fraction of sp³-hybridized carbons (Fsp3) is 0.357. The maximum absolute atomic E-state index is 13.5. The van der Waals surface area contributed by atoms with Crippen LogP contribution in [0.5, 0.6) is 5.75 Å². The van der Waals surface area contributed by atoms with Gasteiger partial charge < -0.3 is 15.0 Å². The van der Waals surface area contributed by atoms with E-state index in [4.69, 9.17) is 4.74 Å². The molecule has 1 N–H and O–H groups in total. The lowest BCUT2D eigenvalue weighted by molar-refractivity contribution is -0.129. The Morgan fingerprint density at radius 3 is 2.89 bits per heavy atom. The summed E-state index contributed by atoms with van der Waals surface area (Å²) in [6.07, 6.45) is 1.69. The second-order valence-electron chi connectivity index (χ2n) is 4.14. The van der Waals surface area contributed by atoms with Crippen LogP contribution < -0.4 is 10.1 Å². The molecule has 104 valence electrons. The summed E-state index contributed by atoms with van der Waals surface area (Å²) in [5.41, 5.74) is 0.720. The third-order valence-electron chi connectivity index (χ3n) is 2.63. The van der Waals surface area contributed by atoms with E-state index in [9.17, 15) is 9.18 Å². The van der Waals surface area contributed by atoms with Crippen LogP contribution >= 0.6 is 0 Å². The van der Waals surface area contributed by atoms with E-state index in [0.717, 1.165) is 5.56 Å². The molecule has 1 aromatic carbocycles. The summed E-state index contributed by atoms with van der Waals surface area (Å²) >= 11 is 0. The molecule has 0 radical (unpaired) electrons. The molecule has 19 heavy (non-hydrogen) atoms. The molecular formula is C14H19FN2O2. The maximum Gasteiger partial charge on any atom is 0.236 e. The van der Waals surface area contributed by atoms with E-state index in [1.807, 2.05) is 0 Å². The molecule has 5 heteroatoms. The first kappa shape index (κ1) is 15.2. The zero-order chi connectivity index (χ0) is 14.3. The van der Waals surface area contributed by atoms with E-state index in [0.29, 0.717) is 13.1 Å². The first-order valence-corrected chi connectivity index (χ1v) is 5.96. The lowest BCUT2D eigenvalue weighted by atomic mass is 10.2. The van der Waals surface area contributed by atoms with E-state index in [-0.39, 0.29) is 18.2 Å². The molecule has 0 unspecified atom stereocenters. The van der Waals surface area contributed by atoms with Crippen molar-refractivity contribution in [1.82, 2.24) is 10.2 Å². The predicted octanol–water partition coefficient (Wildman–Crippen LogP) is 1.57. The Labute approximate surface area is 112 Å². The predicted molar refractivity (Wildman–Crippen MR) is 72.5 cm³/mol. The third kappa shape index (κ3) is 4.71. The lowest BCUT2D eigenvalue weighted by Gasteiger charge is -2.17. The standard InChI is InChI=1S/C14H19FN2O2/c1-4-7-16-9-14(18)17(2)10-11-5-6-13(19-3)12(15)8-11/h4-6,8,16H,1,7,9-10H2,2-3H3. The van der Waals surface area contributed by atoms with Gasteiger partial charge in [-0.1, -0.05) is 12.1 Å². The Kier molecular flexibility index (Phi) is 6.02. The number of benzene rings is 1. The monoisotopic (exact) mass is 266 g/mol. The molecule has 1 rings (SSSR count). The van der Waals surface area contributed by atoms with Crippen LogP contribution in [0.1, 0.15) is 5.56 Å². The summed E-state index contributed by atoms with van der Waals surface area (Å²) in [5, 5.41) is 2.93. The summed E-state index contributed by atoms with van der Waals surface area (Å²) < 4.78 is 18.3. The number of nitrogens with zero attached hydrogens (tertiary/aromatic N) is 1. The normalized spacial score (nSPS) is 10.1. The van der Waals surface area contributed by atoms with Crippen molar-refractivity contribution < 1.29 is 13.9 Å². The van der Waals surface area contributed by atoms with Crippen LogP contribution in [-0.2, 0) is 11.3 Å². The van der Waals surface area contributed by atoms with E-state index in [1.54, 1.807) is 25.3 Å². The minimum atomic E-state index is -0.425. The Bertz CT molecular complexity index is 449. The fourth-order valence-corrected chi connectivity index (χ4v) is 1.59. The number of carbonyl (C=O) groups excluding carboxylic acids is 1. The van der Waals surface area contributed by atoms with Gasteiger partial charge in [0.25, 0.3) is 0 Å². The number of carbonyl (C=O) groups is 1. The molecule has 0 aliphatic carbocycles. The van der Waals surface area contributed by atoms with Crippen molar-refractivity contribution in [3.05, 3.63) is 42.2 Å². The van der Waals surface area contributed by atoms with Crippen LogP contribution in [0.2, 0.25) is 0 Å². The van der Waals surface area contributed by atoms with Crippen LogP contribution in [0.15, 0.2) is 30.9 Å². The molecule has 0 aliphatic heterocycles. The Balaban J connectivity index is 2.56. The third-order valence-corrected chi connectivity index (χ3v) is 2.63. The summed E-state index contributed by atoms with van der Waals surface area (Å²) in [7, 11) is 3.10. The molecule has 0 saturated carbocycles. The average Bonchev–Trinajstić information content (AvgIpc) is 2.39. The molecule has 1 aromatic rings. The highest BCUT2D eigenvalue weighted by Crippen LogP contribution is 2.18. The largest absolute Gasteiger partial charge is 0.494 e. The van der Waals surface area contributed by atoms with Gasteiger partial charge in [-0.25, -0.2) is 4.39 Å². The zero-order valence-corrected chi connectivity index (χ0v) is 11.3. The van der Waals surface area contributed by atoms with Crippen LogP contribution in [0.4, 0.5) is 4.39 Å². The number of methoxy groups -OCH3 is 1. The molecule has 0 heterocycles. The quantitative estimate of drug-likeness (QED) is 0.601. The molecule has 0 saturated heterocycles. The van der Waals surface area contributed by atoms with Crippen LogP contribution in [0.3, 0.4) is 0 Å². The summed E-state index contributed by atoms with van der Waals surface area (Å²) in [6, 6.07) is 4.67. The topological polar surface area (TPSA) is 41.6 Å². The highest BCUT2D eigenvalue weighted by molar-refractivity contribution is 5.77. The van der Waals surface area contributed by atoms with Gasteiger partial charge in [-0.3, -0.25) is 4.79 Å². The molecule has 4 nitrogen and oxygen atoms in total. The van der Waals surface area contributed by atoms with E-state index >= 15 is 0 Å². The smallest absolute Gasteiger partial charge is 0.236 e. The molecule has 0 fully saturated rings. The van der Waals surface area contributed by atoms with Crippen LogP contribution in [0, 0.1) is 5.82 Å². The van der Waals surface area contributed by atoms with E-state index in [1.165, 1.54) is 18.1 Å². The molecule has 1 amide bonds. The summed E-state index contributed by atoms with van der Waals surface area (Å²) in [4.78, 5) is 13.3. The zero-order valence-electron chi connectivity index (χ0n) is 11.3. The van der Waals surface area contributed by atoms with Crippen LogP contribution in [-0.4, -0.2) is 38.1 Å². The van der Waals surface area contributed by atoms with Crippen molar-refractivity contribution in [2.45, 2.75) is 6.54 Å². The number of hydrogen-bond donors (Lipinski definition) is 1. The number of rotatable bonds is 7. The van der Waals surface area contributed by atoms with Crippen molar-refractivity contribution in [2.75, 3.05) is 27.2 Å². The van der Waals surface area contributed by atoms with Gasteiger partial charge in [0, 0.05) is 20.1 Å². The van der Waals surface area contributed by atoms with Crippen molar-refractivity contribution >= 4 is 5.91 Å². The summed E-state index contributed by atoms with van der Waals surface area (Å²) in [5.74, 6) is -0.283. The number of amides is 1. The Morgan fingerprint density at radius 1 is 1.58 bits per heavy atom. The van der Waals surface area contributed by atoms with Gasteiger partial charge in [-0.05, 0) is 17.7 Å². The van der Waals surface area contributed by atoms with Gasteiger partial charge in [-0.2, -0.15) is 0 Å². The minimum absolute atomic E-state index is 0.0573. The number of ether oxygens (including phenoxy) is 1. The van der Waals surface area contributed by atoms with Gasteiger partial charge in [0.2, 0.25) is 5.91 Å². The molecule has 0 spiro atoms. The Morgan fingerprint density at radius 2 is 2.32 bits per heavy atom. The van der Waals surface area contributed by atoms with Crippen molar-refractivity contribution in [2.24, 2.45) is 0 Å². The highest BCUT2D eigenvalue weighted by Gasteiger charge is 2.10. The summed E-state index contributed by atoms with van der Waals surface area (Å²) in [6.45, 7) is 4.73. The SMILES string of the molecule is C=CCNCC(=O)N(C)Cc1ccc(OC)c(F)c1. The van der Waals surface area contributed by atoms with Gasteiger partial charge in [0.15, 0.2) is 11.6 Å². The van der Waals surface area contributed by atoms with Crippen LogP contribution in [0.25, 0.3) is 0 Å². The molecule has 0 bridgehead atoms. The van der Waals surface area contributed by atoms with Gasteiger partial charge >= 0.3 is 0 Å². The fourth-order valence-electron chi connectivity index (χ4n) is 1.59. The highest BCUT2D eigenvalue weighted by atomic mass is 19.1. The van der Waals surface area contributed by atoms with E-state index in [2.05, 4.69) is 11.9 Å². The van der Waals surface area contributed by atoms with E-state index < -0.39 is 5.82 Å². The molecular weight excluding hydrogens is 247 g/mol. The first-order valence-electron chi connectivity index (χ1n) is 5.96. The van der Waals surface area contributed by atoms with Gasteiger partial charge in [-0.15, -0.1) is 6.58 Å². The first-order chi connectivity index (χ1) is 9.08. The molecule has 0 atom stereocenters. The lowest BCUT2D eigenvalue weighted by Crippen LogP contribution is -2.35. The second kappa shape index (κ2) is 7.53. The average molecular weight is 266 g/mol. The Hall–Kier alpha value is -1.88. The number of nitrogens with one attached hydrogen (secondary N) is 1. The molecule has 0 aliphatic rings. The van der Waals surface area contributed by atoms with Gasteiger partial charge in [0.1, 0.15) is 0 Å². The van der Waals surface area contributed by atoms with Crippen molar-refractivity contribution in [3.8, 4) is 5.75 Å². The van der Waals surface area contributed by atoms with Crippen molar-refractivity contribution in [3.63, 3.8) is 0 Å². The maximum atomic E-state index is 13.5. The molecule has 0 aromatic heterocycles. The minimum Gasteiger partial charge on any atom is -0.494 e. The number of halogens is 1. The number of likely N-dealkylation sites (N-methyl/N-ethyl adjacent to an activating group) is 1.